The minimum absolute atomic E-state index is 0.220. The van der Waals surface area contributed by atoms with Crippen LogP contribution in [0.5, 0.6) is 0 Å². The van der Waals surface area contributed by atoms with Crippen LogP contribution in [-0.4, -0.2) is 28.7 Å². The zero-order valence-corrected chi connectivity index (χ0v) is 13.7. The number of thioether (sulfide) groups is 1. The first-order valence-corrected chi connectivity index (χ1v) is 8.41. The van der Waals surface area contributed by atoms with E-state index in [0.717, 1.165) is 16.1 Å². The molecular weight excluding hydrogens is 308 g/mol. The van der Waals surface area contributed by atoms with E-state index in [1.165, 1.54) is 0 Å². The van der Waals surface area contributed by atoms with Gasteiger partial charge in [0.1, 0.15) is 0 Å². The molecule has 1 heterocycles. The Morgan fingerprint density at radius 2 is 2.26 bits per heavy atom. The summed E-state index contributed by atoms with van der Waals surface area (Å²) in [7, 11) is 0. The van der Waals surface area contributed by atoms with Crippen molar-refractivity contribution in [1.82, 2.24) is 9.88 Å². The molecule has 2 amide bonds. The number of amides is 2. The standard InChI is InChI=1S/C17H18N4OS/c1-23-16-7-2-6-15(11-16)20-17(22)21(10-4-8-18)13-14-5-3-9-19-12-14/h2-3,5-7,9,11-12H,4,10,13H2,1H3,(H,20,22). The first kappa shape index (κ1) is 16.8. The van der Waals surface area contributed by atoms with E-state index in [9.17, 15) is 4.79 Å². The number of benzene rings is 1. The van der Waals surface area contributed by atoms with E-state index in [0.29, 0.717) is 19.5 Å². The molecule has 1 N–H and O–H groups in total. The van der Waals surface area contributed by atoms with Crippen LogP contribution in [-0.2, 0) is 6.54 Å². The average Bonchev–Trinajstić information content (AvgIpc) is 2.59. The number of anilines is 1. The molecule has 0 radical (unpaired) electrons. The molecule has 118 valence electrons. The van der Waals surface area contributed by atoms with Crippen molar-refractivity contribution in [2.45, 2.75) is 17.9 Å². The second-order valence-corrected chi connectivity index (χ2v) is 5.73. The van der Waals surface area contributed by atoms with E-state index in [1.54, 1.807) is 29.1 Å². The highest BCUT2D eigenvalue weighted by Gasteiger charge is 2.14. The number of urea groups is 1. The van der Waals surface area contributed by atoms with Crippen LogP contribution in [0.4, 0.5) is 10.5 Å². The number of nitrogens with zero attached hydrogens (tertiary/aromatic N) is 3. The van der Waals surface area contributed by atoms with E-state index >= 15 is 0 Å². The summed E-state index contributed by atoms with van der Waals surface area (Å²) in [5.74, 6) is 0. The summed E-state index contributed by atoms with van der Waals surface area (Å²) in [5.41, 5.74) is 1.67. The Hall–Kier alpha value is -2.52. The van der Waals surface area contributed by atoms with Crippen LogP contribution in [0, 0.1) is 11.3 Å². The monoisotopic (exact) mass is 326 g/mol. The Balaban J connectivity index is 2.08. The van der Waals surface area contributed by atoms with Crippen molar-refractivity contribution in [3.8, 4) is 6.07 Å². The van der Waals surface area contributed by atoms with Gasteiger partial charge in [0.15, 0.2) is 0 Å². The molecule has 0 aliphatic heterocycles. The van der Waals surface area contributed by atoms with Gasteiger partial charge in [-0.15, -0.1) is 11.8 Å². The molecule has 0 atom stereocenters. The molecule has 0 fully saturated rings. The van der Waals surface area contributed by atoms with Gasteiger partial charge >= 0.3 is 6.03 Å². The fourth-order valence-electron chi connectivity index (χ4n) is 2.05. The maximum absolute atomic E-state index is 12.5. The predicted molar refractivity (Wildman–Crippen MR) is 92.1 cm³/mol. The molecule has 1 aromatic heterocycles. The van der Waals surface area contributed by atoms with Crippen molar-refractivity contribution in [3.63, 3.8) is 0 Å². The van der Waals surface area contributed by atoms with Gasteiger partial charge in [-0.3, -0.25) is 4.98 Å². The number of nitriles is 1. The highest BCUT2D eigenvalue weighted by Crippen LogP contribution is 2.19. The smallest absolute Gasteiger partial charge is 0.319 e. The molecule has 0 saturated heterocycles. The maximum atomic E-state index is 12.5. The summed E-state index contributed by atoms with van der Waals surface area (Å²) in [6, 6.07) is 13.3. The zero-order valence-electron chi connectivity index (χ0n) is 12.9. The Bertz CT molecular complexity index is 684. The van der Waals surface area contributed by atoms with Gasteiger partial charge < -0.3 is 10.2 Å². The molecule has 1 aromatic carbocycles. The zero-order chi connectivity index (χ0) is 16.5. The minimum Gasteiger partial charge on any atom is -0.319 e. The van der Waals surface area contributed by atoms with Crippen LogP contribution >= 0.6 is 11.8 Å². The van der Waals surface area contributed by atoms with Crippen molar-refractivity contribution >= 4 is 23.5 Å². The van der Waals surface area contributed by atoms with Crippen LogP contribution in [0.15, 0.2) is 53.7 Å². The lowest BCUT2D eigenvalue weighted by molar-refractivity contribution is 0.210. The molecule has 0 aliphatic carbocycles. The van der Waals surface area contributed by atoms with Crippen LogP contribution in [0.25, 0.3) is 0 Å². The van der Waals surface area contributed by atoms with Crippen LogP contribution < -0.4 is 5.32 Å². The number of carbonyl (C=O) groups is 1. The molecule has 0 unspecified atom stereocenters. The largest absolute Gasteiger partial charge is 0.322 e. The number of nitrogens with one attached hydrogen (secondary N) is 1. The van der Waals surface area contributed by atoms with E-state index in [2.05, 4.69) is 16.4 Å². The van der Waals surface area contributed by atoms with Crippen molar-refractivity contribution < 1.29 is 4.79 Å². The van der Waals surface area contributed by atoms with Crippen molar-refractivity contribution in [2.24, 2.45) is 0 Å². The summed E-state index contributed by atoms with van der Waals surface area (Å²) < 4.78 is 0. The number of hydrogen-bond acceptors (Lipinski definition) is 4. The Kier molecular flexibility index (Phi) is 6.45. The van der Waals surface area contributed by atoms with Gasteiger partial charge in [0.2, 0.25) is 0 Å². The quantitative estimate of drug-likeness (QED) is 0.821. The normalized spacial score (nSPS) is 9.91. The summed E-state index contributed by atoms with van der Waals surface area (Å²) in [6.07, 6.45) is 5.69. The van der Waals surface area contributed by atoms with Gasteiger partial charge in [0, 0.05) is 36.1 Å². The van der Waals surface area contributed by atoms with Crippen molar-refractivity contribution in [2.75, 3.05) is 18.1 Å². The molecule has 0 bridgehead atoms. The van der Waals surface area contributed by atoms with Gasteiger partial charge in [-0.25, -0.2) is 4.79 Å². The van der Waals surface area contributed by atoms with Gasteiger partial charge in [0.25, 0.3) is 0 Å². The topological polar surface area (TPSA) is 69.0 Å². The molecule has 23 heavy (non-hydrogen) atoms. The van der Waals surface area contributed by atoms with Crippen LogP contribution in [0.1, 0.15) is 12.0 Å². The maximum Gasteiger partial charge on any atom is 0.322 e. The van der Waals surface area contributed by atoms with Gasteiger partial charge in [-0.2, -0.15) is 5.26 Å². The minimum atomic E-state index is -0.220. The molecule has 6 heteroatoms. The molecular formula is C17H18N4OS. The molecule has 0 spiro atoms. The highest BCUT2D eigenvalue weighted by molar-refractivity contribution is 7.98. The first-order valence-electron chi connectivity index (χ1n) is 7.19. The third-order valence-electron chi connectivity index (χ3n) is 3.20. The highest BCUT2D eigenvalue weighted by atomic mass is 32.2. The average molecular weight is 326 g/mol. The van der Waals surface area contributed by atoms with E-state index in [1.807, 2.05) is 42.7 Å². The number of pyridine rings is 1. The predicted octanol–water partition coefficient (Wildman–Crippen LogP) is 3.75. The summed E-state index contributed by atoms with van der Waals surface area (Å²) >= 11 is 1.62. The number of carbonyl (C=O) groups excluding carboxylic acids is 1. The lowest BCUT2D eigenvalue weighted by Crippen LogP contribution is -2.35. The Labute approximate surface area is 140 Å². The number of hydrogen-bond donors (Lipinski definition) is 1. The van der Waals surface area contributed by atoms with Crippen LogP contribution in [0.3, 0.4) is 0 Å². The van der Waals surface area contributed by atoms with E-state index < -0.39 is 0 Å². The number of aromatic nitrogens is 1. The first-order chi connectivity index (χ1) is 11.2. The molecule has 0 saturated carbocycles. The van der Waals surface area contributed by atoms with Crippen LogP contribution in [0.2, 0.25) is 0 Å². The Morgan fingerprint density at radius 3 is 2.96 bits per heavy atom. The summed E-state index contributed by atoms with van der Waals surface area (Å²) in [4.78, 5) is 19.3. The molecule has 0 aliphatic rings. The molecule has 5 nitrogen and oxygen atoms in total. The van der Waals surface area contributed by atoms with Gasteiger partial charge in [0.05, 0.1) is 12.5 Å². The fraction of sp³-hybridized carbons (Fsp3) is 0.235. The second-order valence-electron chi connectivity index (χ2n) is 4.85. The summed E-state index contributed by atoms with van der Waals surface area (Å²) in [5, 5.41) is 11.7. The fourth-order valence-corrected chi connectivity index (χ4v) is 2.51. The number of rotatable bonds is 6. The van der Waals surface area contributed by atoms with Gasteiger partial charge in [-0.05, 0) is 36.1 Å². The molecule has 2 rings (SSSR count). The van der Waals surface area contributed by atoms with E-state index in [4.69, 9.17) is 5.26 Å². The van der Waals surface area contributed by atoms with E-state index in [-0.39, 0.29) is 6.03 Å². The summed E-state index contributed by atoms with van der Waals surface area (Å²) in [6.45, 7) is 0.795. The third-order valence-corrected chi connectivity index (χ3v) is 3.92. The lowest BCUT2D eigenvalue weighted by atomic mass is 10.2. The van der Waals surface area contributed by atoms with Gasteiger partial charge in [-0.1, -0.05) is 12.1 Å². The third kappa shape index (κ3) is 5.31. The lowest BCUT2D eigenvalue weighted by Gasteiger charge is -2.22. The van der Waals surface area contributed by atoms with Crippen molar-refractivity contribution in [1.29, 1.82) is 5.26 Å². The SMILES string of the molecule is CSc1cccc(NC(=O)N(CCC#N)Cc2cccnc2)c1. The Morgan fingerprint density at radius 1 is 1.39 bits per heavy atom. The molecule has 2 aromatic rings. The second kappa shape index (κ2) is 8.81. The van der Waals surface area contributed by atoms with Crippen molar-refractivity contribution in [3.05, 3.63) is 54.4 Å².